The monoisotopic (exact) mass is 279 g/mol. The number of fused-ring (bicyclic) bond motifs is 5. The van der Waals surface area contributed by atoms with E-state index in [1.54, 1.807) is 6.07 Å². The van der Waals surface area contributed by atoms with E-state index in [-0.39, 0.29) is 5.56 Å². The van der Waals surface area contributed by atoms with Crippen molar-refractivity contribution in [3.8, 4) is 11.3 Å². The molecule has 0 saturated heterocycles. The maximum absolute atomic E-state index is 11.9. The number of primary amides is 1. The van der Waals surface area contributed by atoms with Gasteiger partial charge >= 0.3 is 0 Å². The largest absolute Gasteiger partial charge is 0.365 e. The van der Waals surface area contributed by atoms with E-state index < -0.39 is 11.5 Å². The molecular formula is C16H13N3O2. The number of pyridine rings is 1. The van der Waals surface area contributed by atoms with E-state index in [0.717, 1.165) is 35.3 Å². The number of benzene rings is 1. The van der Waals surface area contributed by atoms with Gasteiger partial charge in [-0.1, -0.05) is 18.2 Å². The van der Waals surface area contributed by atoms with Crippen LogP contribution >= 0.6 is 0 Å². The van der Waals surface area contributed by atoms with Crippen molar-refractivity contribution in [1.82, 2.24) is 9.97 Å². The van der Waals surface area contributed by atoms with Gasteiger partial charge in [0.1, 0.15) is 5.56 Å². The van der Waals surface area contributed by atoms with E-state index in [0.29, 0.717) is 0 Å². The van der Waals surface area contributed by atoms with Gasteiger partial charge in [-0.15, -0.1) is 0 Å². The molecule has 3 aromatic rings. The Morgan fingerprint density at radius 1 is 1.14 bits per heavy atom. The number of aryl methyl sites for hydroxylation is 2. The average Bonchev–Trinajstić information content (AvgIpc) is 2.85. The van der Waals surface area contributed by atoms with Crippen molar-refractivity contribution in [2.75, 3.05) is 0 Å². The Labute approximate surface area is 119 Å². The summed E-state index contributed by atoms with van der Waals surface area (Å²) < 4.78 is 0. The van der Waals surface area contributed by atoms with Gasteiger partial charge in [-0.25, -0.2) is 0 Å². The van der Waals surface area contributed by atoms with Crippen LogP contribution in [-0.4, -0.2) is 15.9 Å². The van der Waals surface area contributed by atoms with Crippen LogP contribution in [-0.2, 0) is 12.8 Å². The lowest BCUT2D eigenvalue weighted by molar-refractivity contribution is 0.0999. The maximum atomic E-state index is 11.9. The third kappa shape index (κ3) is 1.64. The van der Waals surface area contributed by atoms with Crippen LogP contribution in [0.25, 0.3) is 22.2 Å². The predicted octanol–water partition coefficient (Wildman–Crippen LogP) is 1.72. The molecule has 0 bridgehead atoms. The second kappa shape index (κ2) is 4.09. The van der Waals surface area contributed by atoms with E-state index >= 15 is 0 Å². The first-order valence-corrected chi connectivity index (χ1v) is 6.81. The summed E-state index contributed by atoms with van der Waals surface area (Å²) in [6, 6.07) is 9.69. The van der Waals surface area contributed by atoms with Crippen LogP contribution in [0.4, 0.5) is 0 Å². The highest BCUT2D eigenvalue weighted by molar-refractivity contribution is 5.96. The van der Waals surface area contributed by atoms with E-state index in [2.05, 4.69) is 16.0 Å². The van der Waals surface area contributed by atoms with E-state index in [4.69, 9.17) is 5.73 Å². The molecule has 21 heavy (non-hydrogen) atoms. The number of aromatic amines is 2. The number of H-pyrrole nitrogens is 2. The molecule has 0 unspecified atom stereocenters. The summed E-state index contributed by atoms with van der Waals surface area (Å²) in [4.78, 5) is 29.4. The molecule has 0 atom stereocenters. The normalized spacial score (nSPS) is 13.0. The number of carbonyl (C=O) groups is 1. The minimum atomic E-state index is -0.706. The molecule has 2 aromatic heterocycles. The summed E-state index contributed by atoms with van der Waals surface area (Å²) in [6.07, 6.45) is 1.61. The van der Waals surface area contributed by atoms with Crippen molar-refractivity contribution in [2.45, 2.75) is 12.8 Å². The molecule has 5 nitrogen and oxygen atoms in total. The van der Waals surface area contributed by atoms with Crippen LogP contribution in [0.3, 0.4) is 0 Å². The van der Waals surface area contributed by atoms with Gasteiger partial charge in [0.15, 0.2) is 0 Å². The molecule has 0 spiro atoms. The third-order valence-corrected chi connectivity index (χ3v) is 4.10. The number of hydrogen-bond donors (Lipinski definition) is 3. The first-order valence-electron chi connectivity index (χ1n) is 6.81. The number of aromatic nitrogens is 2. The number of hydrogen-bond acceptors (Lipinski definition) is 2. The highest BCUT2D eigenvalue weighted by atomic mass is 16.2. The SMILES string of the molecule is NC(=O)c1cc2c([nH]c1=O)CCc1c-2[nH]c2ccccc12. The molecule has 1 aliphatic carbocycles. The number of nitrogens with one attached hydrogen (secondary N) is 2. The molecule has 0 aliphatic heterocycles. The molecule has 0 radical (unpaired) electrons. The number of para-hydroxylation sites is 1. The maximum Gasteiger partial charge on any atom is 0.261 e. The zero-order chi connectivity index (χ0) is 14.6. The second-order valence-electron chi connectivity index (χ2n) is 5.29. The fourth-order valence-electron chi connectivity index (χ4n) is 3.11. The minimum absolute atomic E-state index is 0.000237. The second-order valence-corrected chi connectivity index (χ2v) is 5.29. The van der Waals surface area contributed by atoms with Crippen molar-refractivity contribution in [3.63, 3.8) is 0 Å². The Bertz CT molecular complexity index is 950. The van der Waals surface area contributed by atoms with Crippen LogP contribution in [0.15, 0.2) is 35.1 Å². The van der Waals surface area contributed by atoms with Crippen molar-refractivity contribution < 1.29 is 4.79 Å². The van der Waals surface area contributed by atoms with E-state index in [1.165, 1.54) is 10.9 Å². The molecule has 104 valence electrons. The van der Waals surface area contributed by atoms with Crippen molar-refractivity contribution in [2.24, 2.45) is 5.73 Å². The first-order chi connectivity index (χ1) is 10.1. The van der Waals surface area contributed by atoms with Gasteiger partial charge in [0.25, 0.3) is 11.5 Å². The van der Waals surface area contributed by atoms with Gasteiger partial charge in [0.2, 0.25) is 0 Å². The summed E-state index contributed by atoms with van der Waals surface area (Å²) in [5.74, 6) is -0.706. The Balaban J connectivity index is 2.05. The van der Waals surface area contributed by atoms with Crippen LogP contribution in [0.2, 0.25) is 0 Å². The highest BCUT2D eigenvalue weighted by Gasteiger charge is 2.23. The summed E-state index contributed by atoms with van der Waals surface area (Å²) in [7, 11) is 0. The summed E-state index contributed by atoms with van der Waals surface area (Å²) in [5, 5.41) is 1.19. The molecule has 2 heterocycles. The molecule has 4 N–H and O–H groups in total. The van der Waals surface area contributed by atoms with Crippen LogP contribution < -0.4 is 11.3 Å². The fourth-order valence-corrected chi connectivity index (χ4v) is 3.11. The van der Waals surface area contributed by atoms with Gasteiger partial charge in [0.05, 0.1) is 5.69 Å². The summed E-state index contributed by atoms with van der Waals surface area (Å²) in [5.41, 5.74) is 9.82. The number of nitrogens with two attached hydrogens (primary N) is 1. The lowest BCUT2D eigenvalue weighted by Gasteiger charge is -2.16. The Morgan fingerprint density at radius 2 is 1.95 bits per heavy atom. The van der Waals surface area contributed by atoms with Crippen LogP contribution in [0.5, 0.6) is 0 Å². The highest BCUT2D eigenvalue weighted by Crippen LogP contribution is 2.36. The van der Waals surface area contributed by atoms with E-state index in [9.17, 15) is 9.59 Å². The molecule has 0 saturated carbocycles. The average molecular weight is 279 g/mol. The Hall–Kier alpha value is -2.82. The number of carbonyl (C=O) groups excluding carboxylic acids is 1. The smallest absolute Gasteiger partial charge is 0.261 e. The molecule has 1 aliphatic rings. The number of rotatable bonds is 1. The Kier molecular flexibility index (Phi) is 2.33. The summed E-state index contributed by atoms with van der Waals surface area (Å²) in [6.45, 7) is 0. The molecule has 4 rings (SSSR count). The molecular weight excluding hydrogens is 266 g/mol. The van der Waals surface area contributed by atoms with Gasteiger partial charge in [0, 0.05) is 22.2 Å². The van der Waals surface area contributed by atoms with Crippen molar-refractivity contribution >= 4 is 16.8 Å². The molecule has 5 heteroatoms. The quantitative estimate of drug-likeness (QED) is 0.633. The molecule has 1 aromatic carbocycles. The lowest BCUT2D eigenvalue weighted by atomic mass is 9.91. The zero-order valence-electron chi connectivity index (χ0n) is 11.2. The lowest BCUT2D eigenvalue weighted by Crippen LogP contribution is -2.25. The summed E-state index contributed by atoms with van der Waals surface area (Å²) >= 11 is 0. The van der Waals surface area contributed by atoms with Gasteiger partial charge in [-0.05, 0) is 30.5 Å². The number of amides is 1. The zero-order valence-corrected chi connectivity index (χ0v) is 11.2. The van der Waals surface area contributed by atoms with Gasteiger partial charge < -0.3 is 15.7 Å². The fraction of sp³-hybridized carbons (Fsp3) is 0.125. The first kappa shape index (κ1) is 12.0. The van der Waals surface area contributed by atoms with Gasteiger partial charge in [-0.3, -0.25) is 9.59 Å². The molecule has 1 amide bonds. The molecule has 0 fully saturated rings. The third-order valence-electron chi connectivity index (χ3n) is 4.10. The van der Waals surface area contributed by atoms with Crippen LogP contribution in [0, 0.1) is 0 Å². The van der Waals surface area contributed by atoms with Gasteiger partial charge in [-0.2, -0.15) is 0 Å². The minimum Gasteiger partial charge on any atom is -0.365 e. The Morgan fingerprint density at radius 3 is 2.76 bits per heavy atom. The predicted molar refractivity (Wildman–Crippen MR) is 80.3 cm³/mol. The van der Waals surface area contributed by atoms with E-state index in [1.807, 2.05) is 18.2 Å². The van der Waals surface area contributed by atoms with Crippen LogP contribution in [0.1, 0.15) is 21.6 Å². The van der Waals surface area contributed by atoms with Crippen molar-refractivity contribution in [1.29, 1.82) is 0 Å². The topological polar surface area (TPSA) is 91.7 Å². The van der Waals surface area contributed by atoms with Crippen molar-refractivity contribution in [3.05, 3.63) is 57.5 Å². The standard InChI is InChI=1S/C16H13N3O2/c17-15(20)11-7-10-13(19-16(11)21)6-5-9-8-3-1-2-4-12(8)18-14(9)10/h1-4,7,18H,5-6H2,(H2,17,20)(H,19,21).